The van der Waals surface area contributed by atoms with Crippen molar-refractivity contribution in [3.63, 3.8) is 0 Å². The van der Waals surface area contributed by atoms with Crippen LogP contribution in [-0.4, -0.2) is 36.1 Å². The molecule has 0 saturated carbocycles. The molecule has 0 aromatic heterocycles. The molecular weight excluding hydrogens is 216 g/mol. The van der Waals surface area contributed by atoms with Crippen LogP contribution in [0.1, 0.15) is 27.2 Å². The number of ether oxygens (including phenoxy) is 1. The summed E-state index contributed by atoms with van der Waals surface area (Å²) in [6.45, 7) is 9.98. The van der Waals surface area contributed by atoms with E-state index >= 15 is 0 Å². The minimum atomic E-state index is -0.765. The van der Waals surface area contributed by atoms with Gasteiger partial charge in [0, 0.05) is 7.11 Å². The summed E-state index contributed by atoms with van der Waals surface area (Å²) in [7, 11) is 1.47. The molecule has 0 aromatic carbocycles. The van der Waals surface area contributed by atoms with Crippen LogP contribution in [0.4, 0.5) is 0 Å². The lowest BCUT2D eigenvalue weighted by molar-refractivity contribution is -0.0211. The van der Waals surface area contributed by atoms with E-state index in [1.165, 1.54) is 7.11 Å². The highest BCUT2D eigenvalue weighted by molar-refractivity contribution is 4.98. The van der Waals surface area contributed by atoms with Gasteiger partial charge in [-0.3, -0.25) is 0 Å². The largest absolute Gasteiger partial charge is 0.394 e. The second-order valence-corrected chi connectivity index (χ2v) is 5.21. The van der Waals surface area contributed by atoms with Crippen molar-refractivity contribution in [2.24, 2.45) is 11.3 Å². The van der Waals surface area contributed by atoms with Crippen molar-refractivity contribution in [1.29, 1.82) is 0 Å². The van der Waals surface area contributed by atoms with E-state index in [0.29, 0.717) is 5.92 Å². The summed E-state index contributed by atoms with van der Waals surface area (Å²) in [4.78, 5) is 0. The van der Waals surface area contributed by atoms with Crippen molar-refractivity contribution in [2.75, 3.05) is 13.7 Å². The number of aliphatic hydroxyl groups is 2. The van der Waals surface area contributed by atoms with Gasteiger partial charge < -0.3 is 14.9 Å². The molecular formula is C14H26O3. The highest BCUT2D eigenvalue weighted by Crippen LogP contribution is 2.26. The van der Waals surface area contributed by atoms with Gasteiger partial charge >= 0.3 is 0 Å². The fourth-order valence-electron chi connectivity index (χ4n) is 1.73. The van der Waals surface area contributed by atoms with E-state index < -0.39 is 12.2 Å². The van der Waals surface area contributed by atoms with Gasteiger partial charge in [-0.15, -0.1) is 6.58 Å². The highest BCUT2D eigenvalue weighted by atomic mass is 16.5. The Kier molecular flexibility index (Phi) is 7.35. The molecule has 0 aliphatic heterocycles. The van der Waals surface area contributed by atoms with Crippen molar-refractivity contribution in [1.82, 2.24) is 0 Å². The molecule has 17 heavy (non-hydrogen) atoms. The van der Waals surface area contributed by atoms with Gasteiger partial charge in [0.1, 0.15) is 12.2 Å². The number of methoxy groups -OCH3 is 1. The van der Waals surface area contributed by atoms with E-state index in [4.69, 9.17) is 9.84 Å². The van der Waals surface area contributed by atoms with Crippen LogP contribution in [-0.2, 0) is 4.74 Å². The summed E-state index contributed by atoms with van der Waals surface area (Å²) in [5.74, 6) is 0.342. The minimum absolute atomic E-state index is 0.0896. The number of rotatable bonds is 8. The van der Waals surface area contributed by atoms with Crippen LogP contribution in [0.2, 0.25) is 0 Å². The van der Waals surface area contributed by atoms with Crippen molar-refractivity contribution in [3.05, 3.63) is 24.8 Å². The van der Waals surface area contributed by atoms with Crippen LogP contribution in [0.25, 0.3) is 0 Å². The van der Waals surface area contributed by atoms with E-state index in [2.05, 4.69) is 27.4 Å². The van der Waals surface area contributed by atoms with E-state index in [9.17, 15) is 5.11 Å². The predicted octanol–water partition coefficient (Wildman–Crippen LogP) is 2.15. The van der Waals surface area contributed by atoms with Crippen LogP contribution in [0.5, 0.6) is 0 Å². The van der Waals surface area contributed by atoms with Crippen LogP contribution in [0.3, 0.4) is 0 Å². The average molecular weight is 242 g/mol. The Bertz CT molecular complexity index is 242. The Morgan fingerprint density at radius 2 is 1.94 bits per heavy atom. The Morgan fingerprint density at radius 3 is 2.35 bits per heavy atom. The summed E-state index contributed by atoms with van der Waals surface area (Å²) >= 11 is 0. The van der Waals surface area contributed by atoms with Gasteiger partial charge in [0.15, 0.2) is 0 Å². The first-order valence-electron chi connectivity index (χ1n) is 6.00. The summed E-state index contributed by atoms with van der Waals surface area (Å²) in [5.41, 5.74) is 0.0896. The quantitative estimate of drug-likeness (QED) is 0.641. The third kappa shape index (κ3) is 6.61. The monoisotopic (exact) mass is 242 g/mol. The highest BCUT2D eigenvalue weighted by Gasteiger charge is 2.17. The lowest BCUT2D eigenvalue weighted by atomic mass is 9.83. The van der Waals surface area contributed by atoms with Gasteiger partial charge in [0.25, 0.3) is 0 Å². The zero-order valence-corrected chi connectivity index (χ0v) is 11.4. The SMILES string of the molecule is C=CC(C)(C)CC(C)/C=C/C(O)C(CO)OC. The third-order valence-corrected chi connectivity index (χ3v) is 2.90. The molecule has 0 heterocycles. The molecule has 0 spiro atoms. The minimum Gasteiger partial charge on any atom is -0.394 e. The first-order valence-corrected chi connectivity index (χ1v) is 6.00. The lowest BCUT2D eigenvalue weighted by Gasteiger charge is -2.23. The molecule has 0 saturated heterocycles. The zero-order chi connectivity index (χ0) is 13.5. The summed E-state index contributed by atoms with van der Waals surface area (Å²) in [5, 5.41) is 18.7. The third-order valence-electron chi connectivity index (χ3n) is 2.90. The standard InChI is InChI=1S/C14H26O3/c1-6-14(3,4)9-11(2)7-8-12(16)13(10-15)17-5/h6-8,11-13,15-16H,1,9-10H2,2-5H3/b8-7+. The van der Waals surface area contributed by atoms with Crippen LogP contribution < -0.4 is 0 Å². The van der Waals surface area contributed by atoms with Crippen molar-refractivity contribution in [2.45, 2.75) is 39.4 Å². The second-order valence-electron chi connectivity index (χ2n) is 5.21. The fraction of sp³-hybridized carbons (Fsp3) is 0.714. The van der Waals surface area contributed by atoms with E-state index in [1.807, 2.05) is 12.2 Å². The smallest absolute Gasteiger partial charge is 0.110 e. The maximum absolute atomic E-state index is 9.72. The molecule has 0 aliphatic rings. The Labute approximate surface area is 105 Å². The second kappa shape index (κ2) is 7.64. The number of hydrogen-bond acceptors (Lipinski definition) is 3. The molecule has 0 amide bonds. The van der Waals surface area contributed by atoms with Gasteiger partial charge in [-0.2, -0.15) is 0 Å². The summed E-state index contributed by atoms with van der Waals surface area (Å²) in [6.07, 6.45) is 5.24. The molecule has 0 aromatic rings. The van der Waals surface area contributed by atoms with E-state index in [1.54, 1.807) is 6.08 Å². The first kappa shape index (κ1) is 16.4. The van der Waals surface area contributed by atoms with Crippen molar-refractivity contribution in [3.8, 4) is 0 Å². The van der Waals surface area contributed by atoms with Gasteiger partial charge in [-0.25, -0.2) is 0 Å². The maximum atomic E-state index is 9.72. The Balaban J connectivity index is 4.27. The lowest BCUT2D eigenvalue weighted by Crippen LogP contribution is -2.29. The molecule has 2 N–H and O–H groups in total. The molecule has 3 atom stereocenters. The number of allylic oxidation sites excluding steroid dienone is 2. The fourth-order valence-corrected chi connectivity index (χ4v) is 1.73. The van der Waals surface area contributed by atoms with Gasteiger partial charge in [0.2, 0.25) is 0 Å². The zero-order valence-electron chi connectivity index (χ0n) is 11.4. The van der Waals surface area contributed by atoms with Gasteiger partial charge in [-0.1, -0.05) is 39.0 Å². The molecule has 3 heteroatoms. The number of aliphatic hydroxyl groups excluding tert-OH is 2. The first-order chi connectivity index (χ1) is 7.86. The normalized spacial score (nSPS) is 18.0. The molecule has 0 fully saturated rings. The molecule has 0 radical (unpaired) electrons. The van der Waals surface area contributed by atoms with E-state index in [0.717, 1.165) is 6.42 Å². The Morgan fingerprint density at radius 1 is 1.35 bits per heavy atom. The topological polar surface area (TPSA) is 49.7 Å². The average Bonchev–Trinajstić information content (AvgIpc) is 2.27. The van der Waals surface area contributed by atoms with Gasteiger partial charge in [-0.05, 0) is 17.8 Å². The van der Waals surface area contributed by atoms with Gasteiger partial charge in [0.05, 0.1) is 6.61 Å². The maximum Gasteiger partial charge on any atom is 0.110 e. The molecule has 0 bridgehead atoms. The number of hydrogen-bond donors (Lipinski definition) is 2. The summed E-state index contributed by atoms with van der Waals surface area (Å²) in [6, 6.07) is 0. The molecule has 0 aliphatic carbocycles. The van der Waals surface area contributed by atoms with Crippen LogP contribution in [0.15, 0.2) is 24.8 Å². The predicted molar refractivity (Wildman–Crippen MR) is 70.8 cm³/mol. The molecule has 3 unspecified atom stereocenters. The molecule has 0 rings (SSSR count). The molecule has 3 nitrogen and oxygen atoms in total. The van der Waals surface area contributed by atoms with Crippen LogP contribution in [0, 0.1) is 11.3 Å². The van der Waals surface area contributed by atoms with Crippen LogP contribution >= 0.6 is 0 Å². The molecule has 100 valence electrons. The Hall–Kier alpha value is -0.640. The summed E-state index contributed by atoms with van der Waals surface area (Å²) < 4.78 is 4.95. The van der Waals surface area contributed by atoms with E-state index in [-0.39, 0.29) is 12.0 Å². The van der Waals surface area contributed by atoms with Crippen molar-refractivity contribution < 1.29 is 14.9 Å². The van der Waals surface area contributed by atoms with Crippen molar-refractivity contribution >= 4 is 0 Å².